The van der Waals surface area contributed by atoms with Gasteiger partial charge in [-0.3, -0.25) is 4.98 Å². The van der Waals surface area contributed by atoms with Gasteiger partial charge in [-0.1, -0.05) is 12.1 Å². The highest BCUT2D eigenvalue weighted by atomic mass is 19.4. The summed E-state index contributed by atoms with van der Waals surface area (Å²) in [6, 6.07) is 6.91. The molecule has 1 aromatic heterocycles. The largest absolute Gasteiger partial charge is 0.573 e. The Labute approximate surface area is 107 Å². The molecule has 1 aromatic carbocycles. The minimum Gasteiger partial charge on any atom is -0.505 e. The molecule has 2 rings (SSSR count). The molecule has 2 aromatic rings. The van der Waals surface area contributed by atoms with E-state index >= 15 is 0 Å². The van der Waals surface area contributed by atoms with Crippen molar-refractivity contribution in [2.45, 2.75) is 13.3 Å². The van der Waals surface area contributed by atoms with Gasteiger partial charge in [-0.25, -0.2) is 0 Å². The van der Waals surface area contributed by atoms with E-state index in [-0.39, 0.29) is 17.2 Å². The van der Waals surface area contributed by atoms with E-state index in [1.165, 1.54) is 24.4 Å². The van der Waals surface area contributed by atoms with Gasteiger partial charge >= 0.3 is 6.36 Å². The van der Waals surface area contributed by atoms with Crippen molar-refractivity contribution in [2.24, 2.45) is 0 Å². The van der Waals surface area contributed by atoms with Crippen LogP contribution in [0.3, 0.4) is 0 Å². The lowest BCUT2D eigenvalue weighted by Crippen LogP contribution is -2.17. The third kappa shape index (κ3) is 3.15. The molecule has 0 bridgehead atoms. The lowest BCUT2D eigenvalue weighted by molar-refractivity contribution is -0.274. The van der Waals surface area contributed by atoms with Crippen molar-refractivity contribution in [1.82, 2.24) is 4.98 Å². The van der Waals surface area contributed by atoms with Crippen LogP contribution < -0.4 is 4.74 Å². The second kappa shape index (κ2) is 4.79. The fourth-order valence-electron chi connectivity index (χ4n) is 1.60. The van der Waals surface area contributed by atoms with Crippen molar-refractivity contribution >= 4 is 0 Å². The van der Waals surface area contributed by atoms with Crippen LogP contribution in [-0.4, -0.2) is 16.5 Å². The number of ether oxygens (including phenoxy) is 1. The first-order valence-electron chi connectivity index (χ1n) is 5.37. The van der Waals surface area contributed by atoms with Gasteiger partial charge in [0.2, 0.25) is 0 Å². The summed E-state index contributed by atoms with van der Waals surface area (Å²) >= 11 is 0. The fourth-order valence-corrected chi connectivity index (χ4v) is 1.60. The van der Waals surface area contributed by atoms with Gasteiger partial charge in [0.1, 0.15) is 17.2 Å². The van der Waals surface area contributed by atoms with Crippen molar-refractivity contribution in [3.05, 3.63) is 42.1 Å². The van der Waals surface area contributed by atoms with Gasteiger partial charge in [-0.15, -0.1) is 13.2 Å². The van der Waals surface area contributed by atoms with Gasteiger partial charge < -0.3 is 9.84 Å². The van der Waals surface area contributed by atoms with Crippen LogP contribution in [0.2, 0.25) is 0 Å². The van der Waals surface area contributed by atoms with E-state index in [1.807, 2.05) is 0 Å². The standard InChI is InChI=1S/C13H10F3NO2/c1-8-5-6-17-11(12(8)18)9-3-2-4-10(7-9)19-13(14,15)16/h2-7,18H,1H3. The third-order valence-electron chi connectivity index (χ3n) is 2.47. The van der Waals surface area contributed by atoms with E-state index in [0.717, 1.165) is 0 Å². The predicted molar refractivity (Wildman–Crippen MR) is 62.8 cm³/mol. The van der Waals surface area contributed by atoms with Crippen molar-refractivity contribution in [1.29, 1.82) is 0 Å². The average molecular weight is 269 g/mol. The summed E-state index contributed by atoms with van der Waals surface area (Å²) in [7, 11) is 0. The van der Waals surface area contributed by atoms with Gasteiger partial charge in [0.05, 0.1) is 0 Å². The van der Waals surface area contributed by atoms with Crippen molar-refractivity contribution in [2.75, 3.05) is 0 Å². The van der Waals surface area contributed by atoms with Crippen LogP contribution in [0.4, 0.5) is 13.2 Å². The van der Waals surface area contributed by atoms with Crippen LogP contribution in [0.5, 0.6) is 11.5 Å². The minimum absolute atomic E-state index is 0.0633. The molecule has 0 aliphatic heterocycles. The first kappa shape index (κ1) is 13.2. The zero-order chi connectivity index (χ0) is 14.0. The Kier molecular flexibility index (Phi) is 3.33. The summed E-state index contributed by atoms with van der Waals surface area (Å²) in [5.74, 6) is -0.417. The summed E-state index contributed by atoms with van der Waals surface area (Å²) in [6.07, 6.45) is -3.28. The van der Waals surface area contributed by atoms with Crippen LogP contribution in [0.1, 0.15) is 5.56 Å². The number of hydrogen-bond donors (Lipinski definition) is 1. The van der Waals surface area contributed by atoms with E-state index in [9.17, 15) is 18.3 Å². The Morgan fingerprint density at radius 2 is 1.95 bits per heavy atom. The summed E-state index contributed by atoms with van der Waals surface area (Å²) in [5.41, 5.74) is 1.16. The zero-order valence-electron chi connectivity index (χ0n) is 9.90. The fraction of sp³-hybridized carbons (Fsp3) is 0.154. The monoisotopic (exact) mass is 269 g/mol. The number of pyridine rings is 1. The van der Waals surface area contributed by atoms with Crippen molar-refractivity contribution in [3.63, 3.8) is 0 Å². The first-order valence-corrected chi connectivity index (χ1v) is 5.37. The highest BCUT2D eigenvalue weighted by Crippen LogP contribution is 2.32. The minimum atomic E-state index is -4.75. The molecule has 0 radical (unpaired) electrons. The Bertz CT molecular complexity index is 597. The molecule has 100 valence electrons. The van der Waals surface area contributed by atoms with Crippen molar-refractivity contribution in [3.8, 4) is 22.8 Å². The van der Waals surface area contributed by atoms with Gasteiger partial charge in [0, 0.05) is 11.8 Å². The average Bonchev–Trinajstić information content (AvgIpc) is 2.31. The molecule has 19 heavy (non-hydrogen) atoms. The number of nitrogens with zero attached hydrogens (tertiary/aromatic N) is 1. The SMILES string of the molecule is Cc1ccnc(-c2cccc(OC(F)(F)F)c2)c1O. The van der Waals surface area contributed by atoms with Crippen LogP contribution in [-0.2, 0) is 0 Å². The van der Waals surface area contributed by atoms with E-state index in [2.05, 4.69) is 9.72 Å². The predicted octanol–water partition coefficient (Wildman–Crippen LogP) is 3.66. The van der Waals surface area contributed by atoms with E-state index in [4.69, 9.17) is 0 Å². The van der Waals surface area contributed by atoms with E-state index < -0.39 is 6.36 Å². The Morgan fingerprint density at radius 3 is 2.63 bits per heavy atom. The number of halogens is 3. The Morgan fingerprint density at radius 1 is 1.21 bits per heavy atom. The maximum absolute atomic E-state index is 12.1. The number of aryl methyl sites for hydroxylation is 1. The highest BCUT2D eigenvalue weighted by Gasteiger charge is 2.31. The molecule has 1 N–H and O–H groups in total. The molecule has 0 atom stereocenters. The molecule has 0 saturated heterocycles. The summed E-state index contributed by atoms with van der Waals surface area (Å²) in [4.78, 5) is 3.96. The van der Waals surface area contributed by atoms with Crippen LogP contribution in [0.25, 0.3) is 11.3 Å². The highest BCUT2D eigenvalue weighted by molar-refractivity contribution is 5.68. The lowest BCUT2D eigenvalue weighted by Gasteiger charge is -2.11. The van der Waals surface area contributed by atoms with E-state index in [0.29, 0.717) is 11.1 Å². The second-order valence-corrected chi connectivity index (χ2v) is 3.90. The van der Waals surface area contributed by atoms with Gasteiger partial charge in [0.15, 0.2) is 0 Å². The van der Waals surface area contributed by atoms with Crippen molar-refractivity contribution < 1.29 is 23.0 Å². The molecule has 0 saturated carbocycles. The first-order chi connectivity index (χ1) is 8.87. The Balaban J connectivity index is 2.41. The number of alkyl halides is 3. The Hall–Kier alpha value is -2.24. The van der Waals surface area contributed by atoms with Gasteiger partial charge in [-0.2, -0.15) is 0 Å². The normalized spacial score (nSPS) is 11.4. The van der Waals surface area contributed by atoms with Gasteiger partial charge in [-0.05, 0) is 30.7 Å². The number of benzene rings is 1. The molecule has 6 heteroatoms. The van der Waals surface area contributed by atoms with Gasteiger partial charge in [0.25, 0.3) is 0 Å². The molecule has 0 aliphatic carbocycles. The number of hydrogen-bond acceptors (Lipinski definition) is 3. The molecule has 1 heterocycles. The second-order valence-electron chi connectivity index (χ2n) is 3.90. The molecule has 3 nitrogen and oxygen atoms in total. The van der Waals surface area contributed by atoms with Crippen LogP contribution in [0.15, 0.2) is 36.5 Å². The molecule has 0 aliphatic rings. The molecular formula is C13H10F3NO2. The third-order valence-corrected chi connectivity index (χ3v) is 2.47. The summed E-state index contributed by atoms with van der Waals surface area (Å²) in [6.45, 7) is 1.68. The number of rotatable bonds is 2. The van der Waals surface area contributed by atoms with Crippen LogP contribution in [0, 0.1) is 6.92 Å². The van der Waals surface area contributed by atoms with Crippen LogP contribution >= 0.6 is 0 Å². The number of aromatic hydroxyl groups is 1. The smallest absolute Gasteiger partial charge is 0.505 e. The summed E-state index contributed by atoms with van der Waals surface area (Å²) < 4.78 is 40.2. The number of aromatic nitrogens is 1. The quantitative estimate of drug-likeness (QED) is 0.904. The topological polar surface area (TPSA) is 42.4 Å². The molecule has 0 fully saturated rings. The summed E-state index contributed by atoms with van der Waals surface area (Å²) in [5, 5.41) is 9.85. The molecule has 0 spiro atoms. The maximum Gasteiger partial charge on any atom is 0.573 e. The lowest BCUT2D eigenvalue weighted by atomic mass is 10.1. The molecule has 0 unspecified atom stereocenters. The molecule has 0 amide bonds. The molecular weight excluding hydrogens is 259 g/mol. The van der Waals surface area contributed by atoms with E-state index in [1.54, 1.807) is 19.1 Å². The zero-order valence-corrected chi connectivity index (χ0v) is 9.90. The maximum atomic E-state index is 12.1.